The first-order valence-electron chi connectivity index (χ1n) is 3.66. The zero-order valence-corrected chi connectivity index (χ0v) is 7.51. The highest BCUT2D eigenvalue weighted by Gasteiger charge is 2.14. The van der Waals surface area contributed by atoms with Crippen LogP contribution in [0.1, 0.15) is 10.9 Å². The second-order valence-corrected chi connectivity index (χ2v) is 2.82. The number of hydrogen-bond donors (Lipinski definition) is 1. The Kier molecular flexibility index (Phi) is 3.11. The smallest absolute Gasteiger partial charge is 0.242 e. The van der Waals surface area contributed by atoms with Crippen molar-refractivity contribution in [3.05, 3.63) is 35.9 Å². The van der Waals surface area contributed by atoms with Crippen molar-refractivity contribution >= 4 is 17.5 Å². The molecule has 1 amide bonds. The summed E-state index contributed by atoms with van der Waals surface area (Å²) in [6, 6.07) is 9.25. The summed E-state index contributed by atoms with van der Waals surface area (Å²) in [5.41, 5.74) is 0.818. The number of halogens is 1. The first-order chi connectivity index (χ1) is 5.75. The molecule has 64 valence electrons. The molecule has 1 N–H and O–H groups in total. The van der Waals surface area contributed by atoms with Crippen molar-refractivity contribution in [1.82, 2.24) is 5.32 Å². The van der Waals surface area contributed by atoms with E-state index in [1.165, 1.54) is 0 Å². The number of carbonyl (C=O) groups is 1. The zero-order chi connectivity index (χ0) is 8.97. The topological polar surface area (TPSA) is 29.1 Å². The molecule has 3 heteroatoms. The molecule has 0 heterocycles. The van der Waals surface area contributed by atoms with E-state index in [-0.39, 0.29) is 5.91 Å². The van der Waals surface area contributed by atoms with E-state index in [9.17, 15) is 4.79 Å². The summed E-state index contributed by atoms with van der Waals surface area (Å²) >= 11 is 5.84. The Balaban J connectivity index is 2.78. The van der Waals surface area contributed by atoms with Crippen LogP contribution in [0, 0.1) is 0 Å². The lowest BCUT2D eigenvalue weighted by Gasteiger charge is -2.06. The average Bonchev–Trinajstić information content (AvgIpc) is 2.17. The minimum absolute atomic E-state index is 0.178. The summed E-state index contributed by atoms with van der Waals surface area (Å²) in [6.07, 6.45) is 0. The van der Waals surface area contributed by atoms with Crippen LogP contribution in [0.5, 0.6) is 0 Å². The van der Waals surface area contributed by atoms with E-state index in [1.54, 1.807) is 7.05 Å². The van der Waals surface area contributed by atoms with Gasteiger partial charge in [-0.3, -0.25) is 4.79 Å². The molecule has 1 atom stereocenters. The van der Waals surface area contributed by atoms with Crippen LogP contribution in [-0.2, 0) is 4.79 Å². The third-order valence-electron chi connectivity index (χ3n) is 1.57. The van der Waals surface area contributed by atoms with Crippen LogP contribution in [-0.4, -0.2) is 13.0 Å². The molecule has 1 aromatic carbocycles. The van der Waals surface area contributed by atoms with E-state index >= 15 is 0 Å². The van der Waals surface area contributed by atoms with Crippen molar-refractivity contribution < 1.29 is 4.79 Å². The van der Waals surface area contributed by atoms with E-state index in [1.807, 2.05) is 30.3 Å². The molecule has 0 fully saturated rings. The number of nitrogens with one attached hydrogen (secondary N) is 1. The Labute approximate surface area is 76.5 Å². The van der Waals surface area contributed by atoms with Crippen molar-refractivity contribution in [2.75, 3.05) is 7.05 Å². The van der Waals surface area contributed by atoms with Crippen molar-refractivity contribution in [2.24, 2.45) is 0 Å². The van der Waals surface area contributed by atoms with Crippen molar-refractivity contribution in [3.8, 4) is 0 Å². The molecule has 0 aromatic heterocycles. The van der Waals surface area contributed by atoms with Gasteiger partial charge >= 0.3 is 0 Å². The molecule has 1 rings (SSSR count). The molecule has 0 radical (unpaired) electrons. The van der Waals surface area contributed by atoms with Crippen LogP contribution in [0.2, 0.25) is 0 Å². The number of carbonyl (C=O) groups excluding carboxylic acids is 1. The monoisotopic (exact) mass is 183 g/mol. The fourth-order valence-electron chi connectivity index (χ4n) is 0.900. The zero-order valence-electron chi connectivity index (χ0n) is 6.75. The Morgan fingerprint density at radius 3 is 2.50 bits per heavy atom. The van der Waals surface area contributed by atoms with E-state index < -0.39 is 5.38 Å². The lowest BCUT2D eigenvalue weighted by molar-refractivity contribution is -0.120. The molecule has 0 bridgehead atoms. The van der Waals surface area contributed by atoms with Gasteiger partial charge in [0.1, 0.15) is 5.38 Å². The standard InChI is InChI=1S/C9H10ClNO/c1-11-9(12)8(10)7-5-3-2-4-6-7/h2-6,8H,1H3,(H,11,12)/t8-/m0/s1. The van der Waals surface area contributed by atoms with Gasteiger partial charge in [0.05, 0.1) is 0 Å². The predicted molar refractivity (Wildman–Crippen MR) is 49.1 cm³/mol. The molecular formula is C9H10ClNO. The molecule has 0 unspecified atom stereocenters. The molecule has 0 saturated carbocycles. The van der Waals surface area contributed by atoms with Crippen LogP contribution in [0.4, 0.5) is 0 Å². The second-order valence-electron chi connectivity index (χ2n) is 2.39. The maximum Gasteiger partial charge on any atom is 0.242 e. The van der Waals surface area contributed by atoms with Gasteiger partial charge in [0.15, 0.2) is 0 Å². The predicted octanol–water partition coefficient (Wildman–Crippen LogP) is 1.71. The van der Waals surface area contributed by atoms with Crippen LogP contribution in [0.15, 0.2) is 30.3 Å². The minimum Gasteiger partial charge on any atom is -0.358 e. The van der Waals surface area contributed by atoms with E-state index in [2.05, 4.69) is 5.32 Å². The van der Waals surface area contributed by atoms with Crippen molar-refractivity contribution in [2.45, 2.75) is 5.38 Å². The van der Waals surface area contributed by atoms with E-state index in [4.69, 9.17) is 11.6 Å². The number of benzene rings is 1. The van der Waals surface area contributed by atoms with Gasteiger partial charge in [0, 0.05) is 7.05 Å². The highest BCUT2D eigenvalue weighted by molar-refractivity contribution is 6.30. The van der Waals surface area contributed by atoms with Gasteiger partial charge in [-0.25, -0.2) is 0 Å². The van der Waals surface area contributed by atoms with Crippen molar-refractivity contribution in [1.29, 1.82) is 0 Å². The maximum atomic E-state index is 11.1. The highest BCUT2D eigenvalue weighted by Crippen LogP contribution is 2.19. The quantitative estimate of drug-likeness (QED) is 0.695. The average molecular weight is 184 g/mol. The van der Waals surface area contributed by atoms with Gasteiger partial charge in [-0.2, -0.15) is 0 Å². The van der Waals surface area contributed by atoms with E-state index in [0.717, 1.165) is 5.56 Å². The maximum absolute atomic E-state index is 11.1. The Bertz CT molecular complexity index is 260. The summed E-state index contributed by atoms with van der Waals surface area (Å²) in [5.74, 6) is -0.178. The van der Waals surface area contributed by atoms with Crippen LogP contribution in [0.3, 0.4) is 0 Å². The van der Waals surface area contributed by atoms with Gasteiger partial charge in [0.25, 0.3) is 0 Å². The summed E-state index contributed by atoms with van der Waals surface area (Å²) in [6.45, 7) is 0. The fraction of sp³-hybridized carbons (Fsp3) is 0.222. The Morgan fingerprint density at radius 1 is 1.42 bits per heavy atom. The summed E-state index contributed by atoms with van der Waals surface area (Å²) in [5, 5.41) is 1.91. The lowest BCUT2D eigenvalue weighted by atomic mass is 10.1. The molecule has 1 aromatic rings. The first kappa shape index (κ1) is 9.07. The highest BCUT2D eigenvalue weighted by atomic mass is 35.5. The molecule has 12 heavy (non-hydrogen) atoms. The molecule has 0 spiro atoms. The van der Waals surface area contributed by atoms with Crippen LogP contribution in [0.25, 0.3) is 0 Å². The van der Waals surface area contributed by atoms with Gasteiger partial charge in [-0.1, -0.05) is 30.3 Å². The summed E-state index contributed by atoms with van der Waals surface area (Å²) in [7, 11) is 1.57. The number of likely N-dealkylation sites (N-methyl/N-ethyl adjacent to an activating group) is 1. The third-order valence-corrected chi connectivity index (χ3v) is 2.02. The first-order valence-corrected chi connectivity index (χ1v) is 4.10. The van der Waals surface area contributed by atoms with Crippen molar-refractivity contribution in [3.63, 3.8) is 0 Å². The minimum atomic E-state index is -0.587. The number of rotatable bonds is 2. The number of alkyl halides is 1. The molecular weight excluding hydrogens is 174 g/mol. The van der Waals surface area contributed by atoms with Gasteiger partial charge in [-0.15, -0.1) is 11.6 Å². The van der Waals surface area contributed by atoms with E-state index in [0.29, 0.717) is 0 Å². The Hall–Kier alpha value is -1.02. The normalized spacial score (nSPS) is 12.2. The lowest BCUT2D eigenvalue weighted by Crippen LogP contribution is -2.22. The second kappa shape index (κ2) is 4.12. The molecule has 2 nitrogen and oxygen atoms in total. The summed E-state index contributed by atoms with van der Waals surface area (Å²) in [4.78, 5) is 11.1. The fourth-order valence-corrected chi connectivity index (χ4v) is 1.15. The third kappa shape index (κ3) is 1.98. The molecule has 0 aliphatic rings. The van der Waals surface area contributed by atoms with Gasteiger partial charge in [-0.05, 0) is 5.56 Å². The number of hydrogen-bond acceptors (Lipinski definition) is 1. The largest absolute Gasteiger partial charge is 0.358 e. The van der Waals surface area contributed by atoms with Gasteiger partial charge < -0.3 is 5.32 Å². The number of amides is 1. The van der Waals surface area contributed by atoms with Crippen LogP contribution < -0.4 is 5.32 Å². The SMILES string of the molecule is CNC(=O)[C@@H](Cl)c1ccccc1. The molecule has 0 saturated heterocycles. The Morgan fingerprint density at radius 2 is 2.00 bits per heavy atom. The van der Waals surface area contributed by atoms with Crippen LogP contribution >= 0.6 is 11.6 Å². The molecule has 0 aliphatic carbocycles. The van der Waals surface area contributed by atoms with Gasteiger partial charge in [0.2, 0.25) is 5.91 Å². The molecule has 0 aliphatic heterocycles. The summed E-state index contributed by atoms with van der Waals surface area (Å²) < 4.78 is 0.